The van der Waals surface area contributed by atoms with E-state index in [0.717, 1.165) is 33.3 Å². The third-order valence-electron chi connectivity index (χ3n) is 5.16. The van der Waals surface area contributed by atoms with Crippen LogP contribution in [0.15, 0.2) is 23.2 Å². The Morgan fingerprint density at radius 2 is 1.82 bits per heavy atom. The molecule has 0 aliphatic heterocycles. The van der Waals surface area contributed by atoms with Gasteiger partial charge in [-0.3, -0.25) is 9.59 Å². The van der Waals surface area contributed by atoms with E-state index in [0.29, 0.717) is 16.1 Å². The van der Waals surface area contributed by atoms with Gasteiger partial charge in [-0.15, -0.1) is 29.5 Å². The number of terminal acetylenes is 1. The molecular formula is C26H27N3O7S3. The Morgan fingerprint density at radius 3 is 2.49 bits per heavy atom. The van der Waals surface area contributed by atoms with Crippen LogP contribution in [0, 0.1) is 19.3 Å². The van der Waals surface area contributed by atoms with E-state index in [2.05, 4.69) is 16.2 Å². The van der Waals surface area contributed by atoms with Crippen LogP contribution < -0.4 is 14.9 Å². The SMILES string of the molecule is C#CCn1c(=NC(=O)CSCC(=O)Nc2sc(C(=O)OCC)c(C)c2C(=O)OCC)sc2cc(OC)ccc21. The summed E-state index contributed by atoms with van der Waals surface area (Å²) in [5.74, 6) is 0.996. The first kappa shape index (κ1) is 29.9. The number of carbonyl (C=O) groups excluding carboxylic acids is 4. The highest BCUT2D eigenvalue weighted by molar-refractivity contribution is 8.00. The lowest BCUT2D eigenvalue weighted by atomic mass is 10.1. The molecule has 0 aliphatic carbocycles. The van der Waals surface area contributed by atoms with Crippen molar-refractivity contribution in [1.82, 2.24) is 4.57 Å². The molecule has 0 unspecified atom stereocenters. The fourth-order valence-electron chi connectivity index (χ4n) is 3.48. The normalized spacial score (nSPS) is 11.2. The van der Waals surface area contributed by atoms with Crippen LogP contribution in [-0.2, 0) is 25.6 Å². The van der Waals surface area contributed by atoms with Crippen LogP contribution in [0.3, 0.4) is 0 Å². The van der Waals surface area contributed by atoms with Crippen molar-refractivity contribution in [2.24, 2.45) is 4.99 Å². The van der Waals surface area contributed by atoms with E-state index in [1.54, 1.807) is 38.5 Å². The van der Waals surface area contributed by atoms with Gasteiger partial charge >= 0.3 is 11.9 Å². The first-order valence-electron chi connectivity index (χ1n) is 11.8. The molecule has 0 saturated carbocycles. The fraction of sp³-hybridized carbons (Fsp3) is 0.346. The van der Waals surface area contributed by atoms with Crippen molar-refractivity contribution in [3.63, 3.8) is 0 Å². The number of hydrogen-bond acceptors (Lipinski definition) is 10. The van der Waals surface area contributed by atoms with Crippen molar-refractivity contribution in [2.45, 2.75) is 27.3 Å². The summed E-state index contributed by atoms with van der Waals surface area (Å²) in [7, 11) is 1.57. The number of rotatable bonds is 11. The summed E-state index contributed by atoms with van der Waals surface area (Å²) < 4.78 is 18.1. The number of carbonyl (C=O) groups is 4. The van der Waals surface area contributed by atoms with E-state index < -0.39 is 23.8 Å². The molecule has 2 amide bonds. The van der Waals surface area contributed by atoms with Crippen molar-refractivity contribution >= 4 is 73.4 Å². The van der Waals surface area contributed by atoms with Gasteiger partial charge < -0.3 is 24.1 Å². The van der Waals surface area contributed by atoms with Crippen LogP contribution in [0.4, 0.5) is 5.00 Å². The van der Waals surface area contributed by atoms with Crippen LogP contribution in [0.25, 0.3) is 10.2 Å². The van der Waals surface area contributed by atoms with E-state index in [9.17, 15) is 19.2 Å². The highest BCUT2D eigenvalue weighted by atomic mass is 32.2. The number of fused-ring (bicyclic) bond motifs is 1. The monoisotopic (exact) mass is 589 g/mol. The summed E-state index contributed by atoms with van der Waals surface area (Å²) in [4.78, 5) is 54.9. The molecule has 206 valence electrons. The van der Waals surface area contributed by atoms with E-state index in [1.165, 1.54) is 11.3 Å². The summed E-state index contributed by atoms with van der Waals surface area (Å²) >= 11 is 3.32. The zero-order chi connectivity index (χ0) is 28.5. The zero-order valence-corrected chi connectivity index (χ0v) is 24.3. The van der Waals surface area contributed by atoms with Crippen molar-refractivity contribution in [3.8, 4) is 18.1 Å². The molecule has 0 fully saturated rings. The molecule has 10 nitrogen and oxygen atoms in total. The Kier molecular flexibility index (Phi) is 10.7. The number of benzene rings is 1. The minimum atomic E-state index is -0.653. The zero-order valence-electron chi connectivity index (χ0n) is 21.8. The Morgan fingerprint density at radius 1 is 1.10 bits per heavy atom. The van der Waals surface area contributed by atoms with Crippen LogP contribution in [0.2, 0.25) is 0 Å². The quantitative estimate of drug-likeness (QED) is 0.264. The summed E-state index contributed by atoms with van der Waals surface area (Å²) in [6, 6.07) is 5.51. The molecule has 0 bridgehead atoms. The number of ether oxygens (including phenoxy) is 3. The summed E-state index contributed by atoms with van der Waals surface area (Å²) in [6.45, 7) is 5.47. The third-order valence-corrected chi connectivity index (χ3v) is 8.30. The number of aromatic nitrogens is 1. The molecule has 0 spiro atoms. The Hall–Kier alpha value is -3.60. The van der Waals surface area contributed by atoms with Gasteiger partial charge in [0.25, 0.3) is 5.91 Å². The van der Waals surface area contributed by atoms with Crippen molar-refractivity contribution < 1.29 is 33.4 Å². The predicted octanol–water partition coefficient (Wildman–Crippen LogP) is 3.87. The average Bonchev–Trinajstić information content (AvgIpc) is 3.40. The molecule has 0 aliphatic rings. The van der Waals surface area contributed by atoms with Crippen LogP contribution in [0.1, 0.15) is 39.4 Å². The lowest BCUT2D eigenvalue weighted by Crippen LogP contribution is -2.19. The largest absolute Gasteiger partial charge is 0.497 e. The van der Waals surface area contributed by atoms with Crippen LogP contribution in [-0.4, -0.2) is 60.1 Å². The van der Waals surface area contributed by atoms with E-state index in [4.69, 9.17) is 20.6 Å². The minimum absolute atomic E-state index is 0.0523. The van der Waals surface area contributed by atoms with Gasteiger partial charge in [-0.05, 0) is 44.5 Å². The van der Waals surface area contributed by atoms with Crippen LogP contribution >= 0.6 is 34.4 Å². The molecular weight excluding hydrogens is 563 g/mol. The maximum atomic E-state index is 12.6. The molecule has 2 heterocycles. The second kappa shape index (κ2) is 14.0. The highest BCUT2D eigenvalue weighted by Gasteiger charge is 2.27. The van der Waals surface area contributed by atoms with Gasteiger partial charge in [-0.1, -0.05) is 17.3 Å². The van der Waals surface area contributed by atoms with E-state index in [-0.39, 0.29) is 46.7 Å². The number of nitrogens with one attached hydrogen (secondary N) is 1. The van der Waals surface area contributed by atoms with E-state index >= 15 is 0 Å². The summed E-state index contributed by atoms with van der Waals surface area (Å²) in [5, 5.41) is 2.84. The second-order valence-electron chi connectivity index (χ2n) is 7.76. The van der Waals surface area contributed by atoms with E-state index in [1.807, 2.05) is 12.1 Å². The average molecular weight is 590 g/mol. The number of esters is 2. The molecule has 13 heteroatoms. The van der Waals surface area contributed by atoms with Crippen LogP contribution in [0.5, 0.6) is 5.75 Å². The minimum Gasteiger partial charge on any atom is -0.497 e. The predicted molar refractivity (Wildman–Crippen MR) is 153 cm³/mol. The second-order valence-corrected chi connectivity index (χ2v) is 10.8. The van der Waals surface area contributed by atoms with Gasteiger partial charge in [-0.25, -0.2) is 9.59 Å². The van der Waals surface area contributed by atoms with Gasteiger partial charge in [0.2, 0.25) is 5.91 Å². The molecule has 0 radical (unpaired) electrons. The molecule has 1 N–H and O–H groups in total. The first-order chi connectivity index (χ1) is 18.7. The number of anilines is 1. The molecule has 2 aromatic heterocycles. The van der Waals surface area contributed by atoms with Gasteiger partial charge in [0, 0.05) is 0 Å². The van der Waals surface area contributed by atoms with Gasteiger partial charge in [0.15, 0.2) is 4.80 Å². The summed E-state index contributed by atoms with van der Waals surface area (Å²) in [6.07, 6.45) is 5.51. The molecule has 0 atom stereocenters. The number of thiazole rings is 1. The van der Waals surface area contributed by atoms with Crippen molar-refractivity contribution in [3.05, 3.63) is 39.0 Å². The highest BCUT2D eigenvalue weighted by Crippen LogP contribution is 2.34. The molecule has 1 aromatic carbocycles. The molecule has 3 aromatic rings. The van der Waals surface area contributed by atoms with Gasteiger partial charge in [0.05, 0.1) is 54.2 Å². The smallest absolute Gasteiger partial charge is 0.348 e. The maximum absolute atomic E-state index is 12.6. The number of hydrogen-bond donors (Lipinski definition) is 1. The number of thiophene rings is 1. The standard InChI is InChI=1S/C26H27N3O7S3/c1-6-11-29-17-10-9-16(34-5)12-18(17)38-26(29)28-20(31)14-37-13-19(30)27-23-21(24(32)35-7-2)15(4)22(39-23)25(33)36-8-3/h1,9-10,12H,7-8,11,13-14H2,2-5H3,(H,27,30). The Labute approximate surface area is 237 Å². The Bertz CT molecular complexity index is 1510. The molecule has 3 rings (SSSR count). The maximum Gasteiger partial charge on any atom is 0.348 e. The number of amides is 2. The van der Waals surface area contributed by atoms with Crippen molar-refractivity contribution in [1.29, 1.82) is 0 Å². The number of methoxy groups -OCH3 is 1. The molecule has 39 heavy (non-hydrogen) atoms. The lowest BCUT2D eigenvalue weighted by molar-refractivity contribution is -0.115. The van der Waals surface area contributed by atoms with Gasteiger partial charge in [-0.2, -0.15) is 4.99 Å². The third kappa shape index (κ3) is 7.29. The summed E-state index contributed by atoms with van der Waals surface area (Å²) in [5.41, 5.74) is 1.31. The van der Waals surface area contributed by atoms with Gasteiger partial charge in [0.1, 0.15) is 15.6 Å². The first-order valence-corrected chi connectivity index (χ1v) is 14.6. The lowest BCUT2D eigenvalue weighted by Gasteiger charge is -2.07. The topological polar surface area (TPSA) is 125 Å². The van der Waals surface area contributed by atoms with Crippen molar-refractivity contribution in [2.75, 3.05) is 37.1 Å². The Balaban J connectivity index is 1.71. The fourth-order valence-corrected chi connectivity index (χ4v) is 6.26. The number of thioether (sulfide) groups is 1. The molecule has 0 saturated heterocycles. The number of nitrogens with zero attached hydrogens (tertiary/aromatic N) is 2.